The molecule has 6 aromatic carbocycles. The SMILES string of the molecule is COc1cc(N=Nc2cc(S(=O)(=O)[O-])c3cccc(S(=O)(=O)[O-])c3c2)c(C)cc1N=Nc1c(S(=O)(=O)[O-])cc2cc(Nc3ccccc3)ccc2c1O.[K+].[K+].[K+]. The van der Waals surface area contributed by atoms with E-state index in [9.17, 15) is 44.0 Å². The van der Waals surface area contributed by atoms with Crippen molar-refractivity contribution in [1.29, 1.82) is 0 Å². The number of benzene rings is 6. The van der Waals surface area contributed by atoms with E-state index < -0.39 is 56.5 Å². The minimum absolute atomic E-state index is 0. The van der Waals surface area contributed by atoms with E-state index in [1.165, 1.54) is 31.4 Å². The number of methoxy groups -OCH3 is 1. The van der Waals surface area contributed by atoms with Crippen molar-refractivity contribution in [2.75, 3.05) is 12.4 Å². The number of azo groups is 2. The normalized spacial score (nSPS) is 11.9. The first-order valence-corrected chi connectivity index (χ1v) is 19.2. The predicted molar refractivity (Wildman–Crippen MR) is 189 cm³/mol. The van der Waals surface area contributed by atoms with Gasteiger partial charge in [-0.3, -0.25) is 0 Å². The molecule has 6 aromatic rings. The Balaban J connectivity index is 0.00000280. The standard InChI is InChI=1S/C34H27N5O11S3.3K/c1-19-13-28(38-39-33-32(53(47,48)49)15-20-14-22(11-12-24(20)34(33)40)35-21-7-4-3-5-8-21)29(50-2)18-27(19)37-36-23-16-26-25(31(17-23)52(44,45)46)9-6-10-30(26)51(41,42)43;;;/h3-18,35,40H,1-2H3,(H,41,42,43)(H,44,45,46)(H,47,48,49);;;/q;3*+1/p-3. The molecule has 0 aliphatic carbocycles. The monoisotopic (exact) mass is 891 g/mol. The zero-order valence-corrected chi connectivity index (χ0v) is 42.1. The molecule has 2 N–H and O–H groups in total. The van der Waals surface area contributed by atoms with Crippen molar-refractivity contribution in [1.82, 2.24) is 0 Å². The first kappa shape index (κ1) is 49.4. The topological polar surface area (TPSA) is 263 Å². The zero-order valence-electron chi connectivity index (χ0n) is 30.3. The van der Waals surface area contributed by atoms with Gasteiger partial charge >= 0.3 is 154 Å². The average Bonchev–Trinajstić information content (AvgIpc) is 3.09. The number of hydrogen-bond donors (Lipinski definition) is 2. The molecule has 272 valence electrons. The second-order valence-corrected chi connectivity index (χ2v) is 15.4. The van der Waals surface area contributed by atoms with Crippen LogP contribution in [0.4, 0.5) is 34.1 Å². The number of ether oxygens (including phenoxy) is 1. The van der Waals surface area contributed by atoms with Gasteiger partial charge in [-0.05, 0) is 78.5 Å². The third-order valence-electron chi connectivity index (χ3n) is 7.85. The van der Waals surface area contributed by atoms with Gasteiger partial charge < -0.3 is 28.8 Å². The van der Waals surface area contributed by atoms with Crippen molar-refractivity contribution < 1.29 is 203 Å². The van der Waals surface area contributed by atoms with Gasteiger partial charge in [-0.1, -0.05) is 30.3 Å². The van der Waals surface area contributed by atoms with Crippen LogP contribution in [0.3, 0.4) is 0 Å². The van der Waals surface area contributed by atoms with Gasteiger partial charge in [0, 0.05) is 33.6 Å². The number of phenolic OH excluding ortho intramolecular Hbond substituents is 1. The van der Waals surface area contributed by atoms with Gasteiger partial charge in [-0.2, -0.15) is 10.2 Å². The van der Waals surface area contributed by atoms with Crippen LogP contribution in [0.15, 0.2) is 132 Å². The van der Waals surface area contributed by atoms with Gasteiger partial charge in [0.25, 0.3) is 0 Å². The van der Waals surface area contributed by atoms with Gasteiger partial charge in [0.2, 0.25) is 0 Å². The molecule has 0 saturated carbocycles. The summed E-state index contributed by atoms with van der Waals surface area (Å²) in [7, 11) is -14.2. The molecule has 0 heterocycles. The third-order valence-corrected chi connectivity index (χ3v) is 10.5. The Morgan fingerprint density at radius 3 is 1.86 bits per heavy atom. The number of phenols is 1. The molecule has 16 nitrogen and oxygen atoms in total. The van der Waals surface area contributed by atoms with Gasteiger partial charge in [0.1, 0.15) is 47.5 Å². The summed E-state index contributed by atoms with van der Waals surface area (Å²) in [5, 5.41) is 30.1. The fraction of sp³-hybridized carbons (Fsp3) is 0.0588. The minimum Gasteiger partial charge on any atom is -0.744 e. The maximum Gasteiger partial charge on any atom is 1.00 e. The number of hydrogen-bond acceptors (Lipinski definition) is 16. The second-order valence-electron chi connectivity index (χ2n) is 11.4. The van der Waals surface area contributed by atoms with E-state index in [-0.39, 0.29) is 199 Å². The predicted octanol–water partition coefficient (Wildman–Crippen LogP) is -1.69. The molecule has 0 fully saturated rings. The molecule has 0 atom stereocenters. The summed E-state index contributed by atoms with van der Waals surface area (Å²) in [6.07, 6.45) is 0. The molecule has 0 aliphatic heterocycles. The van der Waals surface area contributed by atoms with Gasteiger partial charge in [0.15, 0.2) is 5.75 Å². The number of aryl methyl sites for hydroxylation is 1. The van der Waals surface area contributed by atoms with Gasteiger partial charge in [-0.25, -0.2) is 25.3 Å². The molecule has 22 heteroatoms. The molecule has 0 spiro atoms. The summed E-state index contributed by atoms with van der Waals surface area (Å²) >= 11 is 0. The molecular weight excluding hydrogens is 868 g/mol. The quantitative estimate of drug-likeness (QED) is 0.0888. The van der Waals surface area contributed by atoms with Crippen LogP contribution in [-0.2, 0) is 30.4 Å². The van der Waals surface area contributed by atoms with E-state index in [1.807, 2.05) is 30.3 Å². The van der Waals surface area contributed by atoms with E-state index in [0.717, 1.165) is 36.0 Å². The van der Waals surface area contributed by atoms with Crippen LogP contribution in [0.1, 0.15) is 5.56 Å². The van der Waals surface area contributed by atoms with Crippen molar-refractivity contribution in [3.8, 4) is 11.5 Å². The number of nitrogens with one attached hydrogen (secondary N) is 1. The fourth-order valence-electron chi connectivity index (χ4n) is 5.42. The van der Waals surface area contributed by atoms with Crippen molar-refractivity contribution in [3.63, 3.8) is 0 Å². The summed E-state index contributed by atoms with van der Waals surface area (Å²) < 4.78 is 114. The molecule has 0 aliphatic rings. The molecule has 0 unspecified atom stereocenters. The van der Waals surface area contributed by atoms with Crippen LogP contribution in [-0.4, -0.2) is 51.1 Å². The number of para-hydroxylation sites is 1. The number of nitrogens with zero attached hydrogens (tertiary/aromatic N) is 4. The van der Waals surface area contributed by atoms with E-state index in [1.54, 1.807) is 19.1 Å². The molecule has 6 rings (SSSR count). The third kappa shape index (κ3) is 11.5. The van der Waals surface area contributed by atoms with Crippen molar-refractivity contribution >= 4 is 86.0 Å². The van der Waals surface area contributed by atoms with E-state index in [2.05, 4.69) is 25.8 Å². The number of rotatable bonds is 10. The van der Waals surface area contributed by atoms with Crippen molar-refractivity contribution in [2.24, 2.45) is 20.5 Å². The van der Waals surface area contributed by atoms with Crippen LogP contribution in [0.25, 0.3) is 21.5 Å². The molecule has 56 heavy (non-hydrogen) atoms. The Kier molecular flexibility index (Phi) is 17.7. The first-order chi connectivity index (χ1) is 24.9. The van der Waals surface area contributed by atoms with Crippen LogP contribution in [0, 0.1) is 6.92 Å². The zero-order chi connectivity index (χ0) is 38.3. The fourth-order valence-corrected chi connectivity index (χ4v) is 7.47. The molecule has 0 saturated heterocycles. The van der Waals surface area contributed by atoms with Gasteiger partial charge in [-0.15, -0.1) is 10.2 Å². The Hall–Kier alpha value is -0.921. The van der Waals surface area contributed by atoms with Crippen molar-refractivity contribution in [3.05, 3.63) is 103 Å². The maximum absolute atomic E-state index is 12.3. The number of fused-ring (bicyclic) bond motifs is 2. The maximum atomic E-state index is 12.3. The number of anilines is 2. The van der Waals surface area contributed by atoms with E-state index in [4.69, 9.17) is 4.74 Å². The van der Waals surface area contributed by atoms with Gasteiger partial charge in [0.05, 0.1) is 33.2 Å². The Morgan fingerprint density at radius 1 is 0.589 bits per heavy atom. The summed E-state index contributed by atoms with van der Waals surface area (Å²) in [4.78, 5) is -2.41. The molecular formula is C34H24K3N5O11S3. The van der Waals surface area contributed by atoms with Crippen LogP contribution >= 0.6 is 0 Å². The summed E-state index contributed by atoms with van der Waals surface area (Å²) in [6, 6.07) is 22.9. The van der Waals surface area contributed by atoms with Crippen LogP contribution in [0.5, 0.6) is 11.5 Å². The van der Waals surface area contributed by atoms with Crippen molar-refractivity contribution in [2.45, 2.75) is 21.6 Å². The van der Waals surface area contributed by atoms with E-state index >= 15 is 0 Å². The van der Waals surface area contributed by atoms with Crippen LogP contribution < -0.4 is 164 Å². The summed E-state index contributed by atoms with van der Waals surface area (Å²) in [5.74, 6) is -0.603. The Bertz CT molecular complexity index is 2860. The second kappa shape index (κ2) is 20.1. The molecule has 0 amide bonds. The number of aromatic hydroxyl groups is 1. The minimum atomic E-state index is -5.18. The Labute approximate surface area is 449 Å². The summed E-state index contributed by atoms with van der Waals surface area (Å²) in [5.41, 5.74) is 0.914. The first-order valence-electron chi connectivity index (χ1n) is 15.0. The smallest absolute Gasteiger partial charge is 0.744 e. The molecule has 0 radical (unpaired) electrons. The Morgan fingerprint density at radius 2 is 1.23 bits per heavy atom. The molecule has 0 aromatic heterocycles. The van der Waals surface area contributed by atoms with E-state index in [0.29, 0.717) is 11.3 Å². The molecule has 0 bridgehead atoms. The summed E-state index contributed by atoms with van der Waals surface area (Å²) in [6.45, 7) is 1.56. The largest absolute Gasteiger partial charge is 1.00 e. The van der Waals surface area contributed by atoms with Crippen LogP contribution in [0.2, 0.25) is 0 Å². The average molecular weight is 892 g/mol.